The van der Waals surface area contributed by atoms with Gasteiger partial charge in [0, 0.05) is 25.2 Å². The Morgan fingerprint density at radius 2 is 1.62 bits per heavy atom. The molecule has 4 rings (SSSR count). The summed E-state index contributed by atoms with van der Waals surface area (Å²) < 4.78 is 55.6. The van der Waals surface area contributed by atoms with Crippen molar-refractivity contribution in [3.63, 3.8) is 0 Å². The molecular formula is C26H26F2N4O3S2. The van der Waals surface area contributed by atoms with E-state index in [1.165, 1.54) is 46.6 Å². The molecule has 0 fully saturated rings. The number of carbonyl (C=O) groups excluding carboxylic acids is 1. The topological polar surface area (TPSA) is 73.8 Å². The Kier molecular flexibility index (Phi) is 7.86. The maximum Gasteiger partial charge on any atom is 0.264 e. The minimum atomic E-state index is -3.84. The molecule has 0 atom stereocenters. The molecule has 0 spiro atoms. The van der Waals surface area contributed by atoms with Crippen LogP contribution in [0.3, 0.4) is 0 Å². The van der Waals surface area contributed by atoms with Crippen molar-refractivity contribution in [3.05, 3.63) is 83.9 Å². The van der Waals surface area contributed by atoms with Crippen molar-refractivity contribution in [2.45, 2.75) is 11.3 Å². The number of aromatic nitrogens is 1. The minimum Gasteiger partial charge on any atom is -0.309 e. The van der Waals surface area contributed by atoms with Gasteiger partial charge in [-0.3, -0.25) is 14.0 Å². The van der Waals surface area contributed by atoms with Crippen molar-refractivity contribution in [1.29, 1.82) is 0 Å². The lowest BCUT2D eigenvalue weighted by molar-refractivity contribution is 0.0986. The summed E-state index contributed by atoms with van der Waals surface area (Å²) in [5, 5.41) is 0.240. The van der Waals surface area contributed by atoms with Crippen LogP contribution >= 0.6 is 11.3 Å². The highest BCUT2D eigenvalue weighted by Crippen LogP contribution is 2.32. The molecule has 11 heteroatoms. The van der Waals surface area contributed by atoms with Gasteiger partial charge in [-0.05, 0) is 69.5 Å². The fourth-order valence-corrected chi connectivity index (χ4v) is 5.98. The van der Waals surface area contributed by atoms with E-state index in [1.54, 1.807) is 30.3 Å². The zero-order valence-corrected chi connectivity index (χ0v) is 22.2. The van der Waals surface area contributed by atoms with Crippen LogP contribution in [-0.2, 0) is 10.0 Å². The summed E-state index contributed by atoms with van der Waals surface area (Å²) in [7, 11) is 1.44. The van der Waals surface area contributed by atoms with E-state index in [-0.39, 0.29) is 27.7 Å². The van der Waals surface area contributed by atoms with Crippen molar-refractivity contribution in [3.8, 4) is 0 Å². The number of nitrogens with zero attached hydrogens (tertiary/aromatic N) is 4. The molecule has 7 nitrogen and oxygen atoms in total. The molecular weight excluding hydrogens is 518 g/mol. The van der Waals surface area contributed by atoms with Crippen LogP contribution in [0.15, 0.2) is 71.6 Å². The molecule has 4 aromatic rings. The summed E-state index contributed by atoms with van der Waals surface area (Å²) in [6.45, 7) is 0.985. The fraction of sp³-hybridized carbons (Fsp3) is 0.231. The number of hydrogen-bond acceptors (Lipinski definition) is 6. The molecule has 0 radical (unpaired) electrons. The van der Waals surface area contributed by atoms with E-state index in [0.717, 1.165) is 17.4 Å². The van der Waals surface area contributed by atoms with Gasteiger partial charge in [0.2, 0.25) is 0 Å². The number of sulfonamides is 1. The molecule has 0 aliphatic carbocycles. The molecule has 194 valence electrons. The predicted molar refractivity (Wildman–Crippen MR) is 143 cm³/mol. The lowest BCUT2D eigenvalue weighted by Crippen LogP contribution is -2.33. The number of benzene rings is 3. The SMILES string of the molecule is CN(C)CCCN(C(=O)c1ccc(S(=O)(=O)N(C)c2ccccc2)cc1)c1nc2c(F)cc(F)cc2s1. The van der Waals surface area contributed by atoms with Gasteiger partial charge in [0.15, 0.2) is 10.9 Å². The first kappa shape index (κ1) is 26.6. The van der Waals surface area contributed by atoms with Crippen LogP contribution in [0.5, 0.6) is 0 Å². The van der Waals surface area contributed by atoms with Crippen LogP contribution in [0, 0.1) is 11.6 Å². The molecule has 1 amide bonds. The van der Waals surface area contributed by atoms with Crippen molar-refractivity contribution >= 4 is 48.3 Å². The highest BCUT2D eigenvalue weighted by Gasteiger charge is 2.25. The van der Waals surface area contributed by atoms with Gasteiger partial charge in [-0.1, -0.05) is 29.5 Å². The summed E-state index contributed by atoms with van der Waals surface area (Å²) in [5.41, 5.74) is 0.753. The average Bonchev–Trinajstić information content (AvgIpc) is 3.30. The average molecular weight is 545 g/mol. The van der Waals surface area contributed by atoms with E-state index in [9.17, 15) is 22.0 Å². The highest BCUT2D eigenvalue weighted by molar-refractivity contribution is 7.92. The monoisotopic (exact) mass is 544 g/mol. The summed E-state index contributed by atoms with van der Waals surface area (Å²) in [4.78, 5) is 21.2. The third-order valence-corrected chi connectivity index (χ3v) is 8.57. The first-order valence-corrected chi connectivity index (χ1v) is 13.7. The lowest BCUT2D eigenvalue weighted by Gasteiger charge is -2.22. The van der Waals surface area contributed by atoms with Crippen LogP contribution in [0.1, 0.15) is 16.8 Å². The van der Waals surface area contributed by atoms with Gasteiger partial charge in [-0.15, -0.1) is 0 Å². The van der Waals surface area contributed by atoms with Gasteiger partial charge in [0.1, 0.15) is 11.3 Å². The Morgan fingerprint density at radius 3 is 2.27 bits per heavy atom. The van der Waals surface area contributed by atoms with E-state index in [4.69, 9.17) is 0 Å². The Bertz CT molecular complexity index is 1510. The molecule has 1 aromatic heterocycles. The van der Waals surface area contributed by atoms with E-state index in [1.807, 2.05) is 19.0 Å². The number of para-hydroxylation sites is 1. The van der Waals surface area contributed by atoms with Crippen molar-refractivity contribution in [1.82, 2.24) is 9.88 Å². The molecule has 0 saturated carbocycles. The number of fused-ring (bicyclic) bond motifs is 1. The number of hydrogen-bond donors (Lipinski definition) is 0. The molecule has 3 aromatic carbocycles. The molecule has 37 heavy (non-hydrogen) atoms. The van der Waals surface area contributed by atoms with E-state index >= 15 is 0 Å². The van der Waals surface area contributed by atoms with E-state index in [0.29, 0.717) is 23.4 Å². The molecule has 1 heterocycles. The summed E-state index contributed by atoms with van der Waals surface area (Å²) in [5.74, 6) is -1.93. The summed E-state index contributed by atoms with van der Waals surface area (Å²) in [6.07, 6.45) is 0.611. The molecule has 0 aliphatic rings. The van der Waals surface area contributed by atoms with Gasteiger partial charge in [0.25, 0.3) is 15.9 Å². The first-order valence-electron chi connectivity index (χ1n) is 11.4. The third-order valence-electron chi connectivity index (χ3n) is 5.74. The first-order chi connectivity index (χ1) is 17.6. The fourth-order valence-electron chi connectivity index (χ4n) is 3.75. The second kappa shape index (κ2) is 10.9. The van der Waals surface area contributed by atoms with Gasteiger partial charge >= 0.3 is 0 Å². The Balaban J connectivity index is 1.64. The minimum absolute atomic E-state index is 0.00259. The largest absolute Gasteiger partial charge is 0.309 e. The van der Waals surface area contributed by atoms with Crippen molar-refractivity contribution in [2.24, 2.45) is 0 Å². The zero-order chi connectivity index (χ0) is 26.7. The Morgan fingerprint density at radius 1 is 0.946 bits per heavy atom. The molecule has 0 saturated heterocycles. The zero-order valence-electron chi connectivity index (χ0n) is 20.6. The number of amides is 1. The molecule has 0 unspecified atom stereocenters. The van der Waals surface area contributed by atoms with E-state index in [2.05, 4.69) is 4.98 Å². The highest BCUT2D eigenvalue weighted by atomic mass is 32.2. The number of anilines is 2. The second-order valence-electron chi connectivity index (χ2n) is 8.68. The van der Waals surface area contributed by atoms with Gasteiger partial charge in [-0.2, -0.15) is 0 Å². The van der Waals surface area contributed by atoms with Gasteiger partial charge in [0.05, 0.1) is 15.3 Å². The standard InChI is InChI=1S/C26H26F2N4O3S2/c1-30(2)14-7-15-32(26-29-24-22(28)16-19(27)17-23(24)36-26)25(33)18-10-12-21(13-11-18)37(34,35)31(3)20-8-5-4-6-9-20/h4-6,8-13,16-17H,7,14-15H2,1-3H3. The van der Waals surface area contributed by atoms with Crippen LogP contribution < -0.4 is 9.21 Å². The number of carbonyl (C=O) groups is 1. The second-order valence-corrected chi connectivity index (χ2v) is 11.7. The van der Waals surface area contributed by atoms with Crippen LogP contribution in [0.2, 0.25) is 0 Å². The normalized spacial score (nSPS) is 11.7. The summed E-state index contributed by atoms with van der Waals surface area (Å²) in [6, 6.07) is 16.3. The molecule has 0 bridgehead atoms. The molecule has 0 N–H and O–H groups in total. The Hall–Kier alpha value is -3.41. The van der Waals surface area contributed by atoms with Crippen LogP contribution in [0.25, 0.3) is 10.2 Å². The van der Waals surface area contributed by atoms with E-state index < -0.39 is 27.6 Å². The third kappa shape index (κ3) is 5.79. The summed E-state index contributed by atoms with van der Waals surface area (Å²) >= 11 is 1.02. The quantitative estimate of drug-likeness (QED) is 0.297. The number of rotatable bonds is 9. The van der Waals surface area contributed by atoms with Crippen LogP contribution in [0.4, 0.5) is 19.6 Å². The molecule has 0 aliphatic heterocycles. The smallest absolute Gasteiger partial charge is 0.264 e. The van der Waals surface area contributed by atoms with Gasteiger partial charge in [-0.25, -0.2) is 22.2 Å². The maximum atomic E-state index is 14.3. The van der Waals surface area contributed by atoms with Crippen molar-refractivity contribution in [2.75, 3.05) is 43.4 Å². The van der Waals surface area contributed by atoms with Crippen molar-refractivity contribution < 1.29 is 22.0 Å². The number of thiazole rings is 1. The van der Waals surface area contributed by atoms with Gasteiger partial charge < -0.3 is 4.90 Å². The maximum absolute atomic E-state index is 14.3. The Labute approximate surface area is 218 Å². The van der Waals surface area contributed by atoms with Crippen LogP contribution in [-0.4, -0.2) is 58.4 Å². The number of halogens is 2. The lowest BCUT2D eigenvalue weighted by atomic mass is 10.2. The predicted octanol–water partition coefficient (Wildman–Crippen LogP) is 5.00.